The second-order valence-electron chi connectivity index (χ2n) is 18.4. The molecule has 424 valence electrons. The Bertz CT molecular complexity index is 2420. The Balaban J connectivity index is 0.000000441. The predicted molar refractivity (Wildman–Crippen MR) is 319 cm³/mol. The summed E-state index contributed by atoms with van der Waals surface area (Å²) in [6.07, 6.45) is 27.1. The Morgan fingerprint density at radius 2 is 0.909 bits per heavy atom. The summed E-state index contributed by atoms with van der Waals surface area (Å²) < 4.78 is 18.4. The molecule has 0 atom stereocenters. The van der Waals surface area contributed by atoms with Crippen LogP contribution in [0.4, 0.5) is 0 Å². The lowest BCUT2D eigenvalue weighted by atomic mass is 10.1. The summed E-state index contributed by atoms with van der Waals surface area (Å²) in [5.41, 5.74) is 11.2. The molecule has 0 aliphatic rings. The average molecular weight is 1060 g/mol. The number of furan rings is 1. The first-order chi connectivity index (χ1) is 37.3. The van der Waals surface area contributed by atoms with Crippen molar-refractivity contribution in [2.24, 2.45) is 0 Å². The molecular formula is C64H102N11O2+. The summed E-state index contributed by atoms with van der Waals surface area (Å²) in [5, 5.41) is 23.3. The van der Waals surface area contributed by atoms with Gasteiger partial charge >= 0.3 is 0 Å². The van der Waals surface area contributed by atoms with E-state index in [1.165, 1.54) is 34.2 Å². The minimum atomic E-state index is 0.850. The van der Waals surface area contributed by atoms with Crippen LogP contribution in [0.25, 0.3) is 0 Å². The van der Waals surface area contributed by atoms with Gasteiger partial charge in [-0.3, -0.25) is 14.0 Å². The van der Waals surface area contributed by atoms with Crippen LogP contribution in [0.2, 0.25) is 0 Å². The number of aryl methyl sites for hydroxylation is 16. The topological polar surface area (TPSA) is 135 Å². The van der Waals surface area contributed by atoms with Crippen molar-refractivity contribution in [3.05, 3.63) is 178 Å². The maximum atomic E-state index is 5.47. The van der Waals surface area contributed by atoms with E-state index in [0.717, 1.165) is 150 Å². The Morgan fingerprint density at radius 3 is 1.29 bits per heavy atom. The lowest BCUT2D eigenvalue weighted by Gasteiger charge is -1.97. The summed E-state index contributed by atoms with van der Waals surface area (Å²) in [6.45, 7) is 37.7. The molecule has 8 rings (SSSR count). The van der Waals surface area contributed by atoms with Crippen LogP contribution in [0.5, 0.6) is 0 Å². The minimum absolute atomic E-state index is 0.850. The largest absolute Gasteiger partial charge is 0.466 e. The molecule has 0 radical (unpaired) electrons. The molecule has 0 unspecified atom stereocenters. The summed E-state index contributed by atoms with van der Waals surface area (Å²) in [7, 11) is 0. The van der Waals surface area contributed by atoms with Gasteiger partial charge in [-0.15, -0.1) is 15.3 Å². The summed E-state index contributed by atoms with van der Waals surface area (Å²) >= 11 is 0. The molecule has 0 bridgehead atoms. The van der Waals surface area contributed by atoms with E-state index >= 15 is 0 Å². The smallest absolute Gasteiger partial charge is 0.193 e. The molecule has 0 fully saturated rings. The fraction of sp³-hybridized carbons (Fsp3) is 0.531. The first-order valence-corrected chi connectivity index (χ1v) is 29.1. The average Bonchev–Trinajstić information content (AvgIpc) is 4.36. The highest BCUT2D eigenvalue weighted by Gasteiger charge is 2.01. The van der Waals surface area contributed by atoms with Crippen LogP contribution >= 0.6 is 0 Å². The van der Waals surface area contributed by atoms with Crippen molar-refractivity contribution in [2.45, 2.75) is 227 Å². The van der Waals surface area contributed by atoms with Gasteiger partial charge in [-0.05, 0) is 120 Å². The molecule has 6 aromatic heterocycles. The standard InChI is InChI=1S/C10H16N.C10H14.C9H14O.C9H12.C8H13NO.C7H13N3.C6H11N3.C5H9N3/c1-3-7-11-8-5-10(4-2)6-9-11;1-3-9-5-7-10(4-2)8-6-9;1-3-5-9-7-6-8(4-2)10-9;1-3-9-6-4-8(2)5-7-9;1-3-5-7-6-10-8(4-2)9-7;1-3-5-10-6-7(4-2)8-9-10;1-3-6-5-9(4-2)8-7-6;1-3-8-4-5(2)6-7-8/h5-6,8-9H,3-4,7H2,1-2H3;5-8H,3-4H2,1-2H3;6-7H,3-5H2,1-2H3;4-7H,3H2,1-2H3;2*6H,3-5H2,1-2H3;5H,3-4H2,1-2H3;4H,3H2,1-2H3/q+1;;;;;;;. The molecule has 0 saturated heterocycles. The second kappa shape index (κ2) is 43.6. The van der Waals surface area contributed by atoms with Crippen LogP contribution < -0.4 is 4.57 Å². The molecule has 0 N–H and O–H groups in total. The number of benzene rings is 2. The number of nitrogens with zero attached hydrogens (tertiary/aromatic N) is 11. The third-order valence-electron chi connectivity index (χ3n) is 11.8. The molecule has 0 spiro atoms. The van der Waals surface area contributed by atoms with Gasteiger partial charge in [0.05, 0.1) is 22.8 Å². The zero-order valence-electron chi connectivity index (χ0n) is 50.9. The van der Waals surface area contributed by atoms with Gasteiger partial charge in [0.1, 0.15) is 24.3 Å². The van der Waals surface area contributed by atoms with Gasteiger partial charge in [-0.2, -0.15) is 0 Å². The van der Waals surface area contributed by atoms with E-state index in [4.69, 9.17) is 8.83 Å². The molecular weight excluding hydrogens is 955 g/mol. The molecule has 13 heteroatoms. The van der Waals surface area contributed by atoms with Gasteiger partial charge in [0.15, 0.2) is 18.3 Å². The number of hydrogen-bond acceptors (Lipinski definition) is 9. The van der Waals surface area contributed by atoms with E-state index < -0.39 is 0 Å². The SMILES string of the molecule is CCC[n+]1ccc(CC)cc1.CCCc1ccc(CC)o1.CCCc1coc(CC)n1.CCCn1cc(CC)nn1.CCc1ccc(C)cc1.CCc1ccc(CC)cc1.CCc1cn(CC)nn1.CCn1cc(C)nn1. The van der Waals surface area contributed by atoms with Crippen LogP contribution in [0, 0.1) is 13.8 Å². The first-order valence-electron chi connectivity index (χ1n) is 29.1. The van der Waals surface area contributed by atoms with E-state index in [-0.39, 0.29) is 0 Å². The highest BCUT2D eigenvalue weighted by Crippen LogP contribution is 2.10. The third-order valence-corrected chi connectivity index (χ3v) is 11.8. The van der Waals surface area contributed by atoms with E-state index in [0.29, 0.717) is 0 Å². The van der Waals surface area contributed by atoms with Crippen molar-refractivity contribution in [1.82, 2.24) is 50.0 Å². The van der Waals surface area contributed by atoms with Crippen molar-refractivity contribution in [1.29, 1.82) is 0 Å². The molecule has 77 heavy (non-hydrogen) atoms. The molecule has 6 heterocycles. The zero-order chi connectivity index (χ0) is 57.1. The Morgan fingerprint density at radius 1 is 0.429 bits per heavy atom. The fourth-order valence-electron chi connectivity index (χ4n) is 6.88. The van der Waals surface area contributed by atoms with E-state index in [9.17, 15) is 0 Å². The van der Waals surface area contributed by atoms with Crippen molar-refractivity contribution >= 4 is 0 Å². The molecule has 0 amide bonds. The van der Waals surface area contributed by atoms with E-state index in [2.05, 4.69) is 209 Å². The predicted octanol–water partition coefficient (Wildman–Crippen LogP) is 15.0. The number of pyridine rings is 1. The van der Waals surface area contributed by atoms with Crippen molar-refractivity contribution in [3.63, 3.8) is 0 Å². The monoisotopic (exact) mass is 1060 g/mol. The normalized spacial score (nSPS) is 9.97. The number of rotatable bonds is 18. The first kappa shape index (κ1) is 68.5. The third kappa shape index (κ3) is 31.4. The lowest BCUT2D eigenvalue weighted by molar-refractivity contribution is -0.697. The highest BCUT2D eigenvalue weighted by molar-refractivity contribution is 5.22. The highest BCUT2D eigenvalue weighted by atomic mass is 16.3. The Kier molecular flexibility index (Phi) is 38.8. The van der Waals surface area contributed by atoms with Gasteiger partial charge in [0.2, 0.25) is 0 Å². The van der Waals surface area contributed by atoms with Gasteiger partial charge in [-0.25, -0.2) is 9.55 Å². The van der Waals surface area contributed by atoms with Crippen LogP contribution in [0.15, 0.2) is 119 Å². The van der Waals surface area contributed by atoms with E-state index in [1.807, 2.05) is 55.6 Å². The fourth-order valence-corrected chi connectivity index (χ4v) is 6.88. The van der Waals surface area contributed by atoms with Crippen LogP contribution in [-0.4, -0.2) is 50.0 Å². The van der Waals surface area contributed by atoms with Crippen LogP contribution in [0.3, 0.4) is 0 Å². The van der Waals surface area contributed by atoms with Crippen molar-refractivity contribution in [3.8, 4) is 0 Å². The molecule has 0 aliphatic heterocycles. The van der Waals surface area contributed by atoms with Crippen molar-refractivity contribution < 1.29 is 13.4 Å². The van der Waals surface area contributed by atoms with Gasteiger partial charge in [0, 0.05) is 76.0 Å². The van der Waals surface area contributed by atoms with Crippen molar-refractivity contribution in [2.75, 3.05) is 0 Å². The van der Waals surface area contributed by atoms with Gasteiger partial charge in [-0.1, -0.05) is 159 Å². The minimum Gasteiger partial charge on any atom is -0.466 e. The maximum absolute atomic E-state index is 5.47. The molecule has 0 aliphatic carbocycles. The number of aromatic nitrogens is 11. The van der Waals surface area contributed by atoms with E-state index in [1.54, 1.807) is 10.9 Å². The molecule has 8 aromatic rings. The number of oxazole rings is 1. The molecule has 13 nitrogen and oxygen atoms in total. The molecule has 2 aromatic carbocycles. The summed E-state index contributed by atoms with van der Waals surface area (Å²) in [6, 6.07) is 26.0. The molecule has 0 saturated carbocycles. The van der Waals surface area contributed by atoms with Gasteiger partial charge < -0.3 is 8.83 Å². The number of hydrogen-bond donors (Lipinski definition) is 0. The Labute approximate surface area is 466 Å². The lowest BCUT2D eigenvalue weighted by Crippen LogP contribution is -2.32. The zero-order valence-corrected chi connectivity index (χ0v) is 50.9. The summed E-state index contributed by atoms with van der Waals surface area (Å²) in [4.78, 5) is 4.25. The Hall–Kier alpha value is -6.50. The van der Waals surface area contributed by atoms with Crippen LogP contribution in [0.1, 0.15) is 191 Å². The van der Waals surface area contributed by atoms with Gasteiger partial charge in [0.25, 0.3) is 0 Å². The summed E-state index contributed by atoms with van der Waals surface area (Å²) in [5.74, 6) is 3.08. The van der Waals surface area contributed by atoms with Crippen LogP contribution in [-0.2, 0) is 90.4 Å². The quantitative estimate of drug-likeness (QED) is 0.0770. The second-order valence-corrected chi connectivity index (χ2v) is 18.4. The maximum Gasteiger partial charge on any atom is 0.193 e.